The van der Waals surface area contributed by atoms with Crippen molar-refractivity contribution < 1.29 is 18.3 Å². The molecule has 0 spiro atoms. The molecule has 0 aliphatic rings. The van der Waals surface area contributed by atoms with Gasteiger partial charge in [-0.25, -0.2) is 23.3 Å². The maximum atomic E-state index is 10.9. The average molecular weight is 283 g/mol. The number of nitrogens with zero attached hydrogens (tertiary/aromatic N) is 2. The quantitative estimate of drug-likeness (QED) is 0.824. The lowest BCUT2D eigenvalue weighted by Gasteiger charge is -2.04. The highest BCUT2D eigenvalue weighted by Crippen LogP contribution is 2.15. The first-order valence-corrected chi connectivity index (χ1v) is 7.27. The van der Waals surface area contributed by atoms with Crippen molar-refractivity contribution in [3.05, 3.63) is 30.1 Å². The Kier molecular flexibility index (Phi) is 3.54. The van der Waals surface area contributed by atoms with Gasteiger partial charge in [-0.05, 0) is 24.6 Å². The summed E-state index contributed by atoms with van der Waals surface area (Å²) in [4.78, 5) is 15.0. The Morgan fingerprint density at radius 1 is 1.42 bits per heavy atom. The summed E-state index contributed by atoms with van der Waals surface area (Å²) in [5.74, 6) is -1.13. The number of rotatable bonds is 5. The van der Waals surface area contributed by atoms with Crippen molar-refractivity contribution in [1.82, 2.24) is 9.55 Å². The van der Waals surface area contributed by atoms with E-state index in [-0.39, 0.29) is 11.3 Å². The molecule has 0 atom stereocenters. The van der Waals surface area contributed by atoms with E-state index in [4.69, 9.17) is 10.2 Å². The number of aromatic nitrogens is 2. The van der Waals surface area contributed by atoms with E-state index >= 15 is 0 Å². The number of nitrogens with two attached hydrogens (primary N) is 1. The first-order chi connectivity index (χ1) is 8.87. The van der Waals surface area contributed by atoms with Crippen LogP contribution in [0.4, 0.5) is 0 Å². The third-order valence-corrected chi connectivity index (χ3v) is 3.55. The SMILES string of the molecule is NS(=O)(=O)CCCn1cnc2ccc(C(=O)O)cc21. The van der Waals surface area contributed by atoms with Crippen molar-refractivity contribution in [3.63, 3.8) is 0 Å². The summed E-state index contributed by atoms with van der Waals surface area (Å²) in [6.45, 7) is 0.413. The van der Waals surface area contributed by atoms with E-state index in [0.29, 0.717) is 24.0 Å². The molecule has 2 aromatic rings. The summed E-state index contributed by atoms with van der Waals surface area (Å²) < 4.78 is 23.4. The van der Waals surface area contributed by atoms with Gasteiger partial charge < -0.3 is 9.67 Å². The van der Waals surface area contributed by atoms with E-state index in [9.17, 15) is 13.2 Å². The third kappa shape index (κ3) is 3.30. The minimum atomic E-state index is -3.48. The van der Waals surface area contributed by atoms with Crippen LogP contribution >= 0.6 is 0 Å². The molecular formula is C11H13N3O4S. The predicted molar refractivity (Wildman–Crippen MR) is 69.3 cm³/mol. The Morgan fingerprint density at radius 3 is 2.79 bits per heavy atom. The molecule has 8 heteroatoms. The number of sulfonamides is 1. The number of primary sulfonamides is 1. The van der Waals surface area contributed by atoms with Crippen LogP contribution in [0.15, 0.2) is 24.5 Å². The van der Waals surface area contributed by atoms with Crippen LogP contribution in [0.25, 0.3) is 11.0 Å². The molecule has 1 aromatic carbocycles. The number of carbonyl (C=O) groups is 1. The summed E-state index contributed by atoms with van der Waals surface area (Å²) in [5, 5.41) is 13.9. The van der Waals surface area contributed by atoms with Gasteiger partial charge in [-0.2, -0.15) is 0 Å². The van der Waals surface area contributed by atoms with Crippen molar-refractivity contribution in [3.8, 4) is 0 Å². The van der Waals surface area contributed by atoms with E-state index in [1.807, 2.05) is 0 Å². The largest absolute Gasteiger partial charge is 0.478 e. The van der Waals surface area contributed by atoms with E-state index in [0.717, 1.165) is 0 Å². The molecule has 102 valence electrons. The number of carboxylic acids is 1. The van der Waals surface area contributed by atoms with Gasteiger partial charge in [0.25, 0.3) is 0 Å². The van der Waals surface area contributed by atoms with Crippen LogP contribution in [0, 0.1) is 0 Å². The average Bonchev–Trinajstić information content (AvgIpc) is 2.70. The van der Waals surface area contributed by atoms with Crippen LogP contribution in [-0.4, -0.2) is 34.8 Å². The minimum absolute atomic E-state index is 0.120. The van der Waals surface area contributed by atoms with Crippen LogP contribution in [0.2, 0.25) is 0 Å². The van der Waals surface area contributed by atoms with Crippen molar-refractivity contribution in [2.45, 2.75) is 13.0 Å². The van der Waals surface area contributed by atoms with Gasteiger partial charge in [0.1, 0.15) is 0 Å². The molecule has 0 unspecified atom stereocenters. The molecule has 0 saturated carbocycles. The van der Waals surface area contributed by atoms with Gasteiger partial charge in [0.15, 0.2) is 0 Å². The molecule has 0 amide bonds. The maximum absolute atomic E-state index is 10.9. The Balaban J connectivity index is 2.23. The normalized spacial score (nSPS) is 11.8. The molecule has 0 radical (unpaired) electrons. The molecule has 0 aliphatic carbocycles. The molecule has 0 saturated heterocycles. The number of imidazole rings is 1. The van der Waals surface area contributed by atoms with E-state index in [2.05, 4.69) is 4.98 Å². The molecular weight excluding hydrogens is 270 g/mol. The number of fused-ring (bicyclic) bond motifs is 1. The molecule has 1 heterocycles. The number of benzene rings is 1. The fraction of sp³-hybridized carbons (Fsp3) is 0.273. The standard InChI is InChI=1S/C11H13N3O4S/c12-19(17,18)5-1-4-14-7-13-9-3-2-8(11(15)16)6-10(9)14/h2-3,6-7H,1,4-5H2,(H,15,16)(H2,12,17,18). The molecule has 0 fully saturated rings. The monoisotopic (exact) mass is 283 g/mol. The fourth-order valence-corrected chi connectivity index (χ4v) is 2.34. The summed E-state index contributed by atoms with van der Waals surface area (Å²) in [7, 11) is -3.48. The van der Waals surface area contributed by atoms with Gasteiger partial charge in [0.05, 0.1) is 28.7 Å². The molecule has 1 aromatic heterocycles. The molecule has 7 nitrogen and oxygen atoms in total. The van der Waals surface area contributed by atoms with Gasteiger partial charge in [0.2, 0.25) is 10.0 Å². The number of carboxylic acid groups (broad SMARTS) is 1. The Hall–Kier alpha value is -1.93. The summed E-state index contributed by atoms with van der Waals surface area (Å²) in [6.07, 6.45) is 1.90. The lowest BCUT2D eigenvalue weighted by molar-refractivity contribution is 0.0697. The second-order valence-corrected chi connectivity index (χ2v) is 5.90. The highest BCUT2D eigenvalue weighted by molar-refractivity contribution is 7.89. The summed E-state index contributed by atoms with van der Waals surface area (Å²) >= 11 is 0. The number of hydrogen-bond donors (Lipinski definition) is 2. The number of aryl methyl sites for hydroxylation is 1. The first kappa shape index (κ1) is 13.5. The maximum Gasteiger partial charge on any atom is 0.335 e. The van der Waals surface area contributed by atoms with Crippen molar-refractivity contribution in [2.75, 3.05) is 5.75 Å². The van der Waals surface area contributed by atoms with Gasteiger partial charge >= 0.3 is 5.97 Å². The lowest BCUT2D eigenvalue weighted by atomic mass is 10.2. The van der Waals surface area contributed by atoms with Crippen molar-refractivity contribution in [1.29, 1.82) is 0 Å². The van der Waals surface area contributed by atoms with Crippen LogP contribution in [-0.2, 0) is 16.6 Å². The summed E-state index contributed by atoms with van der Waals surface area (Å²) in [6, 6.07) is 4.61. The summed E-state index contributed by atoms with van der Waals surface area (Å²) in [5.41, 5.74) is 1.50. The number of hydrogen-bond acceptors (Lipinski definition) is 4. The van der Waals surface area contributed by atoms with E-state index in [1.165, 1.54) is 12.1 Å². The van der Waals surface area contributed by atoms with Crippen molar-refractivity contribution in [2.24, 2.45) is 5.14 Å². The van der Waals surface area contributed by atoms with Crippen LogP contribution in [0.3, 0.4) is 0 Å². The van der Waals surface area contributed by atoms with Crippen molar-refractivity contribution >= 4 is 27.0 Å². The molecule has 0 aliphatic heterocycles. The number of aromatic carboxylic acids is 1. The Labute approximate surface area is 109 Å². The van der Waals surface area contributed by atoms with Crippen LogP contribution in [0.1, 0.15) is 16.8 Å². The molecule has 0 bridgehead atoms. The second-order valence-electron chi connectivity index (χ2n) is 4.17. The topological polar surface area (TPSA) is 115 Å². The fourth-order valence-electron chi connectivity index (χ4n) is 1.80. The van der Waals surface area contributed by atoms with Crippen LogP contribution < -0.4 is 5.14 Å². The molecule has 3 N–H and O–H groups in total. The Bertz CT molecular complexity index is 721. The smallest absolute Gasteiger partial charge is 0.335 e. The third-order valence-electron chi connectivity index (χ3n) is 2.70. The zero-order valence-corrected chi connectivity index (χ0v) is 10.8. The van der Waals surface area contributed by atoms with Gasteiger partial charge in [-0.15, -0.1) is 0 Å². The van der Waals surface area contributed by atoms with Crippen LogP contribution in [0.5, 0.6) is 0 Å². The highest BCUT2D eigenvalue weighted by Gasteiger charge is 2.09. The molecule has 19 heavy (non-hydrogen) atoms. The Morgan fingerprint density at radius 2 is 2.16 bits per heavy atom. The molecule has 2 rings (SSSR count). The lowest BCUT2D eigenvalue weighted by Crippen LogP contribution is -2.17. The van der Waals surface area contributed by atoms with E-state index in [1.54, 1.807) is 17.0 Å². The van der Waals surface area contributed by atoms with Gasteiger partial charge in [-0.1, -0.05) is 0 Å². The van der Waals surface area contributed by atoms with Gasteiger partial charge in [-0.3, -0.25) is 0 Å². The van der Waals surface area contributed by atoms with E-state index < -0.39 is 16.0 Å². The zero-order valence-electron chi connectivity index (χ0n) is 9.98. The first-order valence-electron chi connectivity index (χ1n) is 5.55. The highest BCUT2D eigenvalue weighted by atomic mass is 32.2. The van der Waals surface area contributed by atoms with Gasteiger partial charge in [0, 0.05) is 6.54 Å². The minimum Gasteiger partial charge on any atom is -0.478 e. The zero-order chi connectivity index (χ0) is 14.0. The second kappa shape index (κ2) is 4.98. The predicted octanol–water partition coefficient (Wildman–Crippen LogP) is 0.413.